The number of ether oxygens (including phenoxy) is 3. The van der Waals surface area contributed by atoms with E-state index in [1.54, 1.807) is 0 Å². The maximum absolute atomic E-state index is 12.8. The van der Waals surface area contributed by atoms with Gasteiger partial charge in [-0.3, -0.25) is 0 Å². The molecule has 0 aromatic rings. The van der Waals surface area contributed by atoms with Crippen molar-refractivity contribution in [2.75, 3.05) is 27.5 Å². The molecule has 15 heavy (non-hydrogen) atoms. The zero-order chi connectivity index (χ0) is 11.9. The second kappa shape index (κ2) is 6.76. The largest absolute Gasteiger partial charge is 0.499 e. The van der Waals surface area contributed by atoms with Crippen LogP contribution < -0.4 is 5.73 Å². The molecule has 0 saturated carbocycles. The Hall–Kier alpha value is -0.650. The highest BCUT2D eigenvalue weighted by molar-refractivity contribution is 4.94. The van der Waals surface area contributed by atoms with Gasteiger partial charge in [0.15, 0.2) is 0 Å². The minimum Gasteiger partial charge on any atom is -0.499 e. The van der Waals surface area contributed by atoms with Crippen molar-refractivity contribution in [1.29, 1.82) is 0 Å². The van der Waals surface area contributed by atoms with Gasteiger partial charge in [-0.15, -0.1) is 0 Å². The number of rotatable bonds is 8. The fourth-order valence-electron chi connectivity index (χ4n) is 1.26. The van der Waals surface area contributed by atoms with Crippen LogP contribution in [0.2, 0.25) is 0 Å². The third-order valence-corrected chi connectivity index (χ3v) is 2.24. The van der Waals surface area contributed by atoms with Gasteiger partial charge in [0.1, 0.15) is 6.67 Å². The molecule has 0 radical (unpaired) electrons. The normalized spacial score (nSPS) is 13.7. The number of halogens is 1. The van der Waals surface area contributed by atoms with Gasteiger partial charge in [-0.1, -0.05) is 6.58 Å². The van der Waals surface area contributed by atoms with E-state index in [0.29, 0.717) is 18.8 Å². The maximum atomic E-state index is 12.8. The summed E-state index contributed by atoms with van der Waals surface area (Å²) in [5, 5.41) is 0. The number of hydrogen-bond acceptors (Lipinski definition) is 4. The number of nitrogens with two attached hydrogens (primary N) is 1. The SMILES string of the molecule is C=C(CC(N)C(CF)(OC)OC)OCC. The lowest BCUT2D eigenvalue weighted by Crippen LogP contribution is -2.53. The molecule has 0 spiro atoms. The van der Waals surface area contributed by atoms with Gasteiger partial charge < -0.3 is 19.9 Å². The van der Waals surface area contributed by atoms with E-state index in [1.165, 1.54) is 14.2 Å². The van der Waals surface area contributed by atoms with Crippen molar-refractivity contribution in [1.82, 2.24) is 0 Å². The fraction of sp³-hybridized carbons (Fsp3) is 0.800. The predicted molar refractivity (Wildman–Crippen MR) is 56.1 cm³/mol. The van der Waals surface area contributed by atoms with Gasteiger partial charge in [-0.05, 0) is 6.92 Å². The average molecular weight is 221 g/mol. The zero-order valence-corrected chi connectivity index (χ0v) is 9.59. The van der Waals surface area contributed by atoms with E-state index in [4.69, 9.17) is 19.9 Å². The Labute approximate surface area is 90.2 Å². The van der Waals surface area contributed by atoms with Gasteiger partial charge in [0.05, 0.1) is 18.4 Å². The Morgan fingerprint density at radius 1 is 1.47 bits per heavy atom. The Morgan fingerprint density at radius 3 is 2.33 bits per heavy atom. The molecule has 0 aliphatic carbocycles. The molecule has 0 rings (SSSR count). The van der Waals surface area contributed by atoms with E-state index in [1.807, 2.05) is 6.92 Å². The highest BCUT2D eigenvalue weighted by Gasteiger charge is 2.37. The van der Waals surface area contributed by atoms with Crippen LogP contribution in [0.5, 0.6) is 0 Å². The van der Waals surface area contributed by atoms with Crippen molar-refractivity contribution >= 4 is 0 Å². The summed E-state index contributed by atoms with van der Waals surface area (Å²) in [7, 11) is 2.71. The summed E-state index contributed by atoms with van der Waals surface area (Å²) >= 11 is 0. The van der Waals surface area contributed by atoms with Crippen LogP contribution in [0.1, 0.15) is 13.3 Å². The van der Waals surface area contributed by atoms with Gasteiger partial charge in [0, 0.05) is 20.6 Å². The van der Waals surface area contributed by atoms with Crippen molar-refractivity contribution in [2.24, 2.45) is 5.73 Å². The van der Waals surface area contributed by atoms with E-state index in [-0.39, 0.29) is 0 Å². The second-order valence-corrected chi connectivity index (χ2v) is 3.14. The molecule has 4 nitrogen and oxygen atoms in total. The summed E-state index contributed by atoms with van der Waals surface area (Å²) in [5.74, 6) is -0.919. The van der Waals surface area contributed by atoms with E-state index in [0.717, 1.165) is 0 Å². The molecule has 0 aromatic carbocycles. The van der Waals surface area contributed by atoms with E-state index >= 15 is 0 Å². The Balaban J connectivity index is 4.37. The molecular formula is C10H20FNO3. The highest BCUT2D eigenvalue weighted by Crippen LogP contribution is 2.21. The van der Waals surface area contributed by atoms with Crippen LogP contribution in [0.3, 0.4) is 0 Å². The molecule has 0 bridgehead atoms. The van der Waals surface area contributed by atoms with Crippen molar-refractivity contribution in [3.63, 3.8) is 0 Å². The van der Waals surface area contributed by atoms with Crippen LogP contribution in [-0.2, 0) is 14.2 Å². The van der Waals surface area contributed by atoms with Crippen LogP contribution in [0.25, 0.3) is 0 Å². The summed E-state index contributed by atoms with van der Waals surface area (Å²) in [6.07, 6.45) is 0.291. The molecule has 5 heteroatoms. The first-order valence-electron chi connectivity index (χ1n) is 4.78. The molecule has 0 aliphatic rings. The molecule has 0 aromatic heterocycles. The van der Waals surface area contributed by atoms with E-state index < -0.39 is 18.5 Å². The lowest BCUT2D eigenvalue weighted by atomic mass is 10.0. The summed E-state index contributed by atoms with van der Waals surface area (Å²) < 4.78 is 27.8. The minimum absolute atomic E-state index is 0.291. The maximum Gasteiger partial charge on any atom is 0.212 e. The van der Waals surface area contributed by atoms with Gasteiger partial charge in [0.2, 0.25) is 5.79 Å². The number of alkyl halides is 1. The second-order valence-electron chi connectivity index (χ2n) is 3.14. The molecule has 0 saturated heterocycles. The molecule has 0 heterocycles. The molecular weight excluding hydrogens is 201 g/mol. The quantitative estimate of drug-likeness (QED) is 0.494. The van der Waals surface area contributed by atoms with Crippen LogP contribution in [0.4, 0.5) is 4.39 Å². The summed E-state index contributed by atoms with van der Waals surface area (Å²) in [5.41, 5.74) is 5.78. The standard InChI is InChI=1S/C10H20FNO3/c1-5-15-8(2)6-9(12)10(7-11,13-3)14-4/h9H,2,5-7,12H2,1,3-4H3. The fourth-order valence-corrected chi connectivity index (χ4v) is 1.26. The van der Waals surface area contributed by atoms with Crippen LogP contribution >= 0.6 is 0 Å². The van der Waals surface area contributed by atoms with Crippen molar-refractivity contribution in [2.45, 2.75) is 25.2 Å². The third-order valence-electron chi connectivity index (χ3n) is 2.24. The first-order valence-corrected chi connectivity index (χ1v) is 4.78. The number of hydrogen-bond donors (Lipinski definition) is 1. The van der Waals surface area contributed by atoms with Gasteiger partial charge in [-0.25, -0.2) is 4.39 Å². The molecule has 0 amide bonds. The number of methoxy groups -OCH3 is 2. The van der Waals surface area contributed by atoms with Crippen molar-refractivity contribution in [3.8, 4) is 0 Å². The smallest absolute Gasteiger partial charge is 0.212 e. The summed E-state index contributed by atoms with van der Waals surface area (Å²) in [4.78, 5) is 0. The monoisotopic (exact) mass is 221 g/mol. The van der Waals surface area contributed by atoms with E-state index in [2.05, 4.69) is 6.58 Å². The first-order chi connectivity index (χ1) is 7.06. The van der Waals surface area contributed by atoms with Gasteiger partial charge in [-0.2, -0.15) is 0 Å². The molecule has 1 unspecified atom stereocenters. The van der Waals surface area contributed by atoms with Crippen LogP contribution in [0, 0.1) is 0 Å². The van der Waals surface area contributed by atoms with Crippen LogP contribution in [0.15, 0.2) is 12.3 Å². The van der Waals surface area contributed by atoms with Crippen molar-refractivity contribution in [3.05, 3.63) is 12.3 Å². The molecule has 0 fully saturated rings. The highest BCUT2D eigenvalue weighted by atomic mass is 19.1. The van der Waals surface area contributed by atoms with Crippen molar-refractivity contribution < 1.29 is 18.6 Å². The lowest BCUT2D eigenvalue weighted by molar-refractivity contribution is -0.228. The zero-order valence-electron chi connectivity index (χ0n) is 9.59. The van der Waals surface area contributed by atoms with Crippen LogP contribution in [-0.4, -0.2) is 39.3 Å². The van der Waals surface area contributed by atoms with Gasteiger partial charge in [0.25, 0.3) is 0 Å². The minimum atomic E-state index is -1.42. The first kappa shape index (κ1) is 14.3. The Bertz CT molecular complexity index is 187. The molecule has 90 valence electrons. The predicted octanol–water partition coefficient (Wildman–Crippen LogP) is 1.21. The van der Waals surface area contributed by atoms with E-state index in [9.17, 15) is 4.39 Å². The topological polar surface area (TPSA) is 53.7 Å². The molecule has 0 aliphatic heterocycles. The van der Waals surface area contributed by atoms with Gasteiger partial charge >= 0.3 is 0 Å². The summed E-state index contributed by atoms with van der Waals surface area (Å²) in [6, 6.07) is -0.656. The molecule has 2 N–H and O–H groups in total. The Kier molecular flexibility index (Phi) is 6.47. The lowest BCUT2D eigenvalue weighted by Gasteiger charge is -2.33. The summed E-state index contributed by atoms with van der Waals surface area (Å²) in [6.45, 7) is 5.19. The average Bonchev–Trinajstić information content (AvgIpc) is 2.21. The molecule has 1 atom stereocenters. The third kappa shape index (κ3) is 3.77. The Morgan fingerprint density at radius 2 is 2.00 bits per heavy atom.